The van der Waals surface area contributed by atoms with Crippen LogP contribution in [-0.4, -0.2) is 7.11 Å². The van der Waals surface area contributed by atoms with E-state index in [-0.39, 0.29) is 0 Å². The number of nitrogens with one attached hydrogen (secondary N) is 2. The Hall–Kier alpha value is -4.76. The van der Waals surface area contributed by atoms with Crippen LogP contribution in [-0.2, 0) is 6.42 Å². The number of rotatable bonds is 10. The van der Waals surface area contributed by atoms with Crippen LogP contribution in [0.1, 0.15) is 99.3 Å². The van der Waals surface area contributed by atoms with Crippen molar-refractivity contribution in [2.75, 3.05) is 17.7 Å². The number of fused-ring (bicyclic) bond motifs is 1. The van der Waals surface area contributed by atoms with Crippen molar-refractivity contribution >= 4 is 22.1 Å². The Balaban J connectivity index is 0.000000748. The van der Waals surface area contributed by atoms with E-state index in [9.17, 15) is 0 Å². The molecule has 3 nitrogen and oxygen atoms in total. The van der Waals surface area contributed by atoms with E-state index >= 15 is 0 Å². The van der Waals surface area contributed by atoms with E-state index in [0.717, 1.165) is 35.7 Å². The van der Waals surface area contributed by atoms with Gasteiger partial charge in [0.25, 0.3) is 0 Å². The van der Waals surface area contributed by atoms with Crippen LogP contribution in [0.3, 0.4) is 0 Å². The molecule has 0 radical (unpaired) electrons. The summed E-state index contributed by atoms with van der Waals surface area (Å²) >= 11 is 0. The molecule has 0 heterocycles. The zero-order valence-corrected chi connectivity index (χ0v) is 34.4. The zero-order chi connectivity index (χ0) is 38.8. The van der Waals surface area contributed by atoms with Crippen LogP contribution in [0.5, 0.6) is 5.75 Å². The number of allylic oxidation sites excluding steroid dienone is 9. The van der Waals surface area contributed by atoms with Crippen LogP contribution < -0.4 is 15.4 Å². The van der Waals surface area contributed by atoms with Gasteiger partial charge in [0.1, 0.15) is 5.75 Å². The first-order valence-corrected chi connectivity index (χ1v) is 18.5. The molecular weight excluding hydrogens is 621 g/mol. The number of anilines is 2. The van der Waals surface area contributed by atoms with E-state index in [0.29, 0.717) is 0 Å². The van der Waals surface area contributed by atoms with Crippen molar-refractivity contribution in [1.82, 2.24) is 0 Å². The van der Waals surface area contributed by atoms with Crippen molar-refractivity contribution in [1.29, 1.82) is 0 Å². The number of benzene rings is 4. The van der Waals surface area contributed by atoms with Crippen LogP contribution >= 0.6 is 0 Å². The third-order valence-corrected chi connectivity index (χ3v) is 7.89. The van der Waals surface area contributed by atoms with Crippen molar-refractivity contribution in [2.24, 2.45) is 0 Å². The molecule has 4 rings (SSSR count). The summed E-state index contributed by atoms with van der Waals surface area (Å²) in [6, 6.07) is 29.6. The Morgan fingerprint density at radius 1 is 0.706 bits per heavy atom. The second-order valence-electron chi connectivity index (χ2n) is 11.8. The quantitative estimate of drug-likeness (QED) is 0.163. The van der Waals surface area contributed by atoms with Crippen molar-refractivity contribution in [3.05, 3.63) is 161 Å². The van der Waals surface area contributed by atoms with Gasteiger partial charge < -0.3 is 15.4 Å². The lowest BCUT2D eigenvalue weighted by Crippen LogP contribution is -2.03. The van der Waals surface area contributed by atoms with Crippen molar-refractivity contribution in [2.45, 2.75) is 103 Å². The number of hydrogen-bond donors (Lipinski definition) is 2. The second-order valence-corrected chi connectivity index (χ2v) is 11.8. The Bertz CT molecular complexity index is 1700. The number of hydrogen-bond acceptors (Lipinski definition) is 3. The molecule has 2 N–H and O–H groups in total. The van der Waals surface area contributed by atoms with Crippen molar-refractivity contribution < 1.29 is 4.74 Å². The van der Waals surface area contributed by atoms with Gasteiger partial charge in [0, 0.05) is 35.3 Å². The lowest BCUT2D eigenvalue weighted by molar-refractivity contribution is 0.411. The van der Waals surface area contributed by atoms with Crippen molar-refractivity contribution in [3.63, 3.8) is 0 Å². The van der Waals surface area contributed by atoms with E-state index in [2.05, 4.69) is 170 Å². The third kappa shape index (κ3) is 18.2. The zero-order valence-electron chi connectivity index (χ0n) is 34.4. The molecule has 0 saturated carbocycles. The fourth-order valence-corrected chi connectivity index (χ4v) is 4.81. The molecular formula is C48H68N2O. The maximum absolute atomic E-state index is 5.28. The molecule has 51 heavy (non-hydrogen) atoms. The highest BCUT2D eigenvalue weighted by Gasteiger charge is 2.04. The Morgan fingerprint density at radius 2 is 1.31 bits per heavy atom. The van der Waals surface area contributed by atoms with Crippen molar-refractivity contribution in [3.8, 4) is 5.75 Å². The average Bonchev–Trinajstić information content (AvgIpc) is 3.15. The van der Waals surface area contributed by atoms with Gasteiger partial charge in [-0.15, -0.1) is 0 Å². The monoisotopic (exact) mass is 689 g/mol. The summed E-state index contributed by atoms with van der Waals surface area (Å²) < 4.78 is 5.28. The highest BCUT2D eigenvalue weighted by atomic mass is 16.5. The number of ether oxygens (including phenoxy) is 1. The average molecular weight is 689 g/mol. The molecule has 3 heteroatoms. The molecule has 0 aliphatic carbocycles. The molecule has 0 atom stereocenters. The fourth-order valence-electron chi connectivity index (χ4n) is 4.81. The van der Waals surface area contributed by atoms with E-state index in [1.807, 2.05) is 46.8 Å². The first kappa shape index (κ1) is 46.2. The topological polar surface area (TPSA) is 33.3 Å². The number of para-hydroxylation sites is 1. The lowest BCUT2D eigenvalue weighted by atomic mass is 10.0. The van der Waals surface area contributed by atoms with Crippen LogP contribution in [0.25, 0.3) is 10.8 Å². The SMILES string of the molecule is C=C(C)Nc1cc(C)c(C)c(OC)c1.CC.CC.CCC=C(Cc1ccc2ccccc2c1)Nc1ccccc1.C\C=C(C)/C=C(C)/C(C)=C/C. The molecule has 0 aliphatic rings. The van der Waals surface area contributed by atoms with Gasteiger partial charge >= 0.3 is 0 Å². The summed E-state index contributed by atoms with van der Waals surface area (Å²) in [5.74, 6) is 0.911. The Labute approximate surface area is 313 Å². The molecule has 0 bridgehead atoms. The molecule has 4 aromatic carbocycles. The predicted octanol–water partition coefficient (Wildman–Crippen LogP) is 15.0. The molecule has 0 unspecified atom stereocenters. The summed E-state index contributed by atoms with van der Waals surface area (Å²) in [5, 5.41) is 9.31. The molecule has 0 amide bonds. The van der Waals surface area contributed by atoms with Gasteiger partial charge in [0.05, 0.1) is 7.11 Å². The Morgan fingerprint density at radius 3 is 1.86 bits per heavy atom. The summed E-state index contributed by atoms with van der Waals surface area (Å²) in [4.78, 5) is 0. The minimum absolute atomic E-state index is 0.911. The van der Waals surface area contributed by atoms with Gasteiger partial charge in [0.15, 0.2) is 0 Å². The van der Waals surface area contributed by atoms with Gasteiger partial charge in [-0.1, -0.05) is 137 Å². The summed E-state index contributed by atoms with van der Waals surface area (Å²) in [6.45, 7) is 30.6. The maximum Gasteiger partial charge on any atom is 0.124 e. The largest absolute Gasteiger partial charge is 0.496 e. The first-order chi connectivity index (χ1) is 24.5. The molecule has 276 valence electrons. The number of aryl methyl sites for hydroxylation is 1. The molecule has 0 aliphatic heterocycles. The molecule has 0 fully saturated rings. The minimum Gasteiger partial charge on any atom is -0.496 e. The first-order valence-electron chi connectivity index (χ1n) is 18.5. The highest BCUT2D eigenvalue weighted by Crippen LogP contribution is 2.26. The smallest absolute Gasteiger partial charge is 0.124 e. The maximum atomic E-state index is 5.28. The highest BCUT2D eigenvalue weighted by molar-refractivity contribution is 5.83. The minimum atomic E-state index is 0.911. The summed E-state index contributed by atoms with van der Waals surface area (Å²) in [7, 11) is 1.69. The molecule has 0 aromatic heterocycles. The molecule has 4 aromatic rings. The van der Waals surface area contributed by atoms with Gasteiger partial charge in [-0.3, -0.25) is 0 Å². The van der Waals surface area contributed by atoms with Crippen LogP contribution in [0.15, 0.2) is 144 Å². The van der Waals surface area contributed by atoms with Crippen LogP contribution in [0.4, 0.5) is 11.4 Å². The Kier molecular flexibility index (Phi) is 24.5. The lowest BCUT2D eigenvalue weighted by Gasteiger charge is -2.12. The summed E-state index contributed by atoms with van der Waals surface area (Å²) in [6.07, 6.45) is 10.7. The van der Waals surface area contributed by atoms with E-state index in [1.165, 1.54) is 49.9 Å². The van der Waals surface area contributed by atoms with Gasteiger partial charge in [-0.25, -0.2) is 0 Å². The second kappa shape index (κ2) is 27.0. The summed E-state index contributed by atoms with van der Waals surface area (Å²) in [5.41, 5.74) is 12.1. The number of methoxy groups -OCH3 is 1. The predicted molar refractivity (Wildman–Crippen MR) is 232 cm³/mol. The van der Waals surface area contributed by atoms with Crippen LogP contribution in [0, 0.1) is 13.8 Å². The van der Waals surface area contributed by atoms with E-state index in [1.54, 1.807) is 7.11 Å². The standard InChI is InChI=1S/C21H21N.C12H17NO.C11H18.2C2H6/c1-2-8-21(22-20-11-4-3-5-12-20)16-17-13-14-18-9-6-7-10-19(18)15-17;1-8(2)13-11-6-9(3)10(4)12(7-11)14-5;1-6-9(3)8-11(5)10(4)7-2;2*1-2/h3-15,22H,2,16H2,1H3;6-7,13H,1H2,2-5H3;6-8H,1-5H3;2*1-2H3/b;;9-6-,10-7+,11-8+;;. The third-order valence-electron chi connectivity index (χ3n) is 7.89. The molecule has 0 spiro atoms. The molecule has 0 saturated heterocycles. The normalized spacial score (nSPS) is 11.3. The fraction of sp³-hybridized carbons (Fsp3) is 0.333. The van der Waals surface area contributed by atoms with Gasteiger partial charge in [-0.05, 0) is 113 Å². The van der Waals surface area contributed by atoms with E-state index < -0.39 is 0 Å². The van der Waals surface area contributed by atoms with Gasteiger partial charge in [0.2, 0.25) is 0 Å². The van der Waals surface area contributed by atoms with Crippen LogP contribution in [0.2, 0.25) is 0 Å². The van der Waals surface area contributed by atoms with Gasteiger partial charge in [-0.2, -0.15) is 0 Å². The van der Waals surface area contributed by atoms with E-state index in [4.69, 9.17) is 4.74 Å².